The van der Waals surface area contributed by atoms with E-state index in [1.165, 1.54) is 11.1 Å². The fourth-order valence-corrected chi connectivity index (χ4v) is 3.70. The standard InChI is InChI=1S/C24H25N3O/c1-18(2)27(17-19-8-4-3-5-9-19)23-13-12-21(16-25-23)24(28)26-15-14-20-10-6-7-11-22(20)26/h3-13,16,18H,14-15,17H2,1-2H3. The third kappa shape index (κ3) is 3.63. The molecule has 0 unspecified atom stereocenters. The molecule has 1 aromatic heterocycles. The highest BCUT2D eigenvalue weighted by Gasteiger charge is 2.25. The second-order valence-electron chi connectivity index (χ2n) is 7.45. The first-order valence-electron chi connectivity index (χ1n) is 9.80. The lowest BCUT2D eigenvalue weighted by Gasteiger charge is -2.28. The van der Waals surface area contributed by atoms with Crippen LogP contribution in [-0.2, 0) is 13.0 Å². The molecule has 4 nitrogen and oxygen atoms in total. The molecule has 4 heteroatoms. The minimum absolute atomic E-state index is 0.0168. The smallest absolute Gasteiger partial charge is 0.259 e. The van der Waals surface area contributed by atoms with Crippen molar-refractivity contribution < 1.29 is 4.79 Å². The Balaban J connectivity index is 1.54. The van der Waals surface area contributed by atoms with Gasteiger partial charge in [-0.3, -0.25) is 4.79 Å². The molecule has 0 N–H and O–H groups in total. The number of para-hydroxylation sites is 1. The molecule has 0 fully saturated rings. The molecule has 0 atom stereocenters. The number of fused-ring (bicyclic) bond motifs is 1. The van der Waals surface area contributed by atoms with Gasteiger partial charge in [0, 0.05) is 31.0 Å². The Kier molecular flexibility index (Phi) is 5.11. The molecule has 0 bridgehead atoms. The number of hydrogen-bond acceptors (Lipinski definition) is 3. The quantitative estimate of drug-likeness (QED) is 0.652. The third-order valence-electron chi connectivity index (χ3n) is 5.24. The van der Waals surface area contributed by atoms with Crippen molar-refractivity contribution in [1.29, 1.82) is 0 Å². The van der Waals surface area contributed by atoms with Gasteiger partial charge in [-0.15, -0.1) is 0 Å². The Morgan fingerprint density at radius 1 is 1.04 bits per heavy atom. The summed E-state index contributed by atoms with van der Waals surface area (Å²) in [6.45, 7) is 5.83. The predicted molar refractivity (Wildman–Crippen MR) is 114 cm³/mol. The molecule has 0 aliphatic carbocycles. The van der Waals surface area contributed by atoms with Crippen molar-refractivity contribution >= 4 is 17.4 Å². The molecule has 2 aromatic carbocycles. The first-order valence-corrected chi connectivity index (χ1v) is 9.80. The van der Waals surface area contributed by atoms with Gasteiger partial charge in [0.2, 0.25) is 0 Å². The first kappa shape index (κ1) is 18.2. The molecule has 1 amide bonds. The second-order valence-corrected chi connectivity index (χ2v) is 7.45. The summed E-state index contributed by atoms with van der Waals surface area (Å²) in [7, 11) is 0. The fraction of sp³-hybridized carbons (Fsp3) is 0.250. The van der Waals surface area contributed by atoms with Crippen molar-refractivity contribution in [2.75, 3.05) is 16.3 Å². The monoisotopic (exact) mass is 371 g/mol. The Bertz CT molecular complexity index is 951. The molecule has 3 aromatic rings. The van der Waals surface area contributed by atoms with Crippen molar-refractivity contribution in [3.8, 4) is 0 Å². The van der Waals surface area contributed by atoms with E-state index in [2.05, 4.69) is 54.1 Å². The van der Waals surface area contributed by atoms with Gasteiger partial charge in [-0.2, -0.15) is 0 Å². The minimum Gasteiger partial charge on any atom is -0.350 e. The van der Waals surface area contributed by atoms with Crippen LogP contribution in [0.2, 0.25) is 0 Å². The number of amides is 1. The number of rotatable bonds is 5. The van der Waals surface area contributed by atoms with Gasteiger partial charge in [-0.25, -0.2) is 4.98 Å². The van der Waals surface area contributed by atoms with E-state index in [9.17, 15) is 4.79 Å². The number of carbonyl (C=O) groups excluding carboxylic acids is 1. The summed E-state index contributed by atoms with van der Waals surface area (Å²) in [6, 6.07) is 22.6. The highest BCUT2D eigenvalue weighted by Crippen LogP contribution is 2.29. The van der Waals surface area contributed by atoms with E-state index >= 15 is 0 Å². The Morgan fingerprint density at radius 2 is 1.79 bits per heavy atom. The largest absolute Gasteiger partial charge is 0.350 e. The summed E-state index contributed by atoms with van der Waals surface area (Å²) in [6.07, 6.45) is 2.62. The second kappa shape index (κ2) is 7.85. The topological polar surface area (TPSA) is 36.4 Å². The van der Waals surface area contributed by atoms with E-state index in [0.717, 1.165) is 31.0 Å². The number of anilines is 2. The minimum atomic E-state index is 0.0168. The highest BCUT2D eigenvalue weighted by molar-refractivity contribution is 6.07. The van der Waals surface area contributed by atoms with Crippen molar-refractivity contribution in [1.82, 2.24) is 4.98 Å². The van der Waals surface area contributed by atoms with Crippen molar-refractivity contribution in [3.63, 3.8) is 0 Å². The van der Waals surface area contributed by atoms with Gasteiger partial charge in [0.1, 0.15) is 5.82 Å². The summed E-state index contributed by atoms with van der Waals surface area (Å²) in [5.74, 6) is 0.903. The summed E-state index contributed by atoms with van der Waals surface area (Å²) in [4.78, 5) is 21.7. The maximum Gasteiger partial charge on any atom is 0.259 e. The zero-order valence-corrected chi connectivity index (χ0v) is 16.4. The molecular formula is C24H25N3O. The van der Waals surface area contributed by atoms with Crippen LogP contribution in [0, 0.1) is 0 Å². The molecule has 4 rings (SSSR count). The Labute approximate surface area is 166 Å². The van der Waals surface area contributed by atoms with Gasteiger partial charge in [0.05, 0.1) is 5.56 Å². The summed E-state index contributed by atoms with van der Waals surface area (Å²) in [5, 5.41) is 0. The average molecular weight is 371 g/mol. The molecule has 0 saturated heterocycles. The molecule has 2 heterocycles. The van der Waals surface area contributed by atoms with Crippen LogP contribution in [0.1, 0.15) is 35.3 Å². The number of aromatic nitrogens is 1. The Hall–Kier alpha value is -3.14. The van der Waals surface area contributed by atoms with E-state index in [-0.39, 0.29) is 5.91 Å². The molecule has 1 aliphatic heterocycles. The summed E-state index contributed by atoms with van der Waals surface area (Å²) >= 11 is 0. The van der Waals surface area contributed by atoms with Crippen molar-refractivity contribution in [2.45, 2.75) is 32.9 Å². The molecule has 0 saturated carbocycles. The van der Waals surface area contributed by atoms with Gasteiger partial charge < -0.3 is 9.80 Å². The third-order valence-corrected chi connectivity index (χ3v) is 5.24. The van der Waals surface area contributed by atoms with Crippen LogP contribution in [0.3, 0.4) is 0 Å². The molecule has 28 heavy (non-hydrogen) atoms. The molecule has 0 spiro atoms. The van der Waals surface area contributed by atoms with Crippen LogP contribution in [0.25, 0.3) is 0 Å². The van der Waals surface area contributed by atoms with E-state index in [0.29, 0.717) is 11.6 Å². The van der Waals surface area contributed by atoms with Crippen LogP contribution >= 0.6 is 0 Å². The van der Waals surface area contributed by atoms with Gasteiger partial charge in [-0.05, 0) is 49.6 Å². The fourth-order valence-electron chi connectivity index (χ4n) is 3.70. The molecule has 1 aliphatic rings. The van der Waals surface area contributed by atoms with Crippen molar-refractivity contribution in [2.24, 2.45) is 0 Å². The highest BCUT2D eigenvalue weighted by atomic mass is 16.2. The van der Waals surface area contributed by atoms with Crippen LogP contribution in [0.4, 0.5) is 11.5 Å². The van der Waals surface area contributed by atoms with E-state index < -0.39 is 0 Å². The summed E-state index contributed by atoms with van der Waals surface area (Å²) in [5.41, 5.74) is 4.12. The normalized spacial score (nSPS) is 12.9. The van der Waals surface area contributed by atoms with E-state index in [1.54, 1.807) is 6.20 Å². The maximum atomic E-state index is 13.0. The van der Waals surface area contributed by atoms with Crippen LogP contribution in [-0.4, -0.2) is 23.5 Å². The summed E-state index contributed by atoms with van der Waals surface area (Å²) < 4.78 is 0. The van der Waals surface area contributed by atoms with Gasteiger partial charge >= 0.3 is 0 Å². The number of benzene rings is 2. The zero-order chi connectivity index (χ0) is 19.5. The SMILES string of the molecule is CC(C)N(Cc1ccccc1)c1ccc(C(=O)N2CCc3ccccc32)cn1. The number of pyridine rings is 1. The molecule has 142 valence electrons. The molecular weight excluding hydrogens is 346 g/mol. The van der Waals surface area contributed by atoms with E-state index in [4.69, 9.17) is 0 Å². The molecule has 0 radical (unpaired) electrons. The first-order chi connectivity index (χ1) is 13.6. The maximum absolute atomic E-state index is 13.0. The van der Waals surface area contributed by atoms with Crippen LogP contribution < -0.4 is 9.80 Å². The lowest BCUT2D eigenvalue weighted by atomic mass is 10.1. The number of carbonyl (C=O) groups is 1. The van der Waals surface area contributed by atoms with Gasteiger partial charge in [0.25, 0.3) is 5.91 Å². The number of nitrogens with zero attached hydrogens (tertiary/aromatic N) is 3. The lowest BCUT2D eigenvalue weighted by Crippen LogP contribution is -2.31. The van der Waals surface area contributed by atoms with Crippen LogP contribution in [0.15, 0.2) is 72.9 Å². The van der Waals surface area contributed by atoms with Gasteiger partial charge in [0.15, 0.2) is 0 Å². The Morgan fingerprint density at radius 3 is 2.50 bits per heavy atom. The van der Waals surface area contributed by atoms with Crippen LogP contribution in [0.5, 0.6) is 0 Å². The average Bonchev–Trinajstić information content (AvgIpc) is 3.16. The van der Waals surface area contributed by atoms with Crippen molar-refractivity contribution in [3.05, 3.63) is 89.6 Å². The predicted octanol–water partition coefficient (Wildman–Crippen LogP) is 4.70. The lowest BCUT2D eigenvalue weighted by molar-refractivity contribution is 0.0989. The zero-order valence-electron chi connectivity index (χ0n) is 16.4. The van der Waals surface area contributed by atoms with Gasteiger partial charge in [-0.1, -0.05) is 48.5 Å². The number of hydrogen-bond donors (Lipinski definition) is 0. The van der Waals surface area contributed by atoms with E-state index in [1.807, 2.05) is 41.3 Å².